The third kappa shape index (κ3) is 2.13. The van der Waals surface area contributed by atoms with Crippen molar-refractivity contribution in [1.82, 2.24) is 29.7 Å². The largest absolute Gasteiger partial charge is 0.348 e. The molecule has 4 heterocycles. The molecule has 0 aromatic carbocycles. The second-order valence-electron chi connectivity index (χ2n) is 5.60. The first-order valence-electron chi connectivity index (χ1n) is 7.36. The Hall–Kier alpha value is -2.15. The molecule has 0 saturated heterocycles. The highest BCUT2D eigenvalue weighted by atomic mass is 16.2. The molecule has 2 N–H and O–H groups in total. The van der Waals surface area contributed by atoms with Crippen LogP contribution in [0.15, 0.2) is 18.9 Å². The number of aromatic nitrogens is 4. The average Bonchev–Trinajstić information content (AvgIpc) is 3.11. The summed E-state index contributed by atoms with van der Waals surface area (Å²) in [5.41, 5.74) is 3.02. The van der Waals surface area contributed by atoms with Gasteiger partial charge in [0.2, 0.25) is 5.91 Å². The number of carbonyl (C=O) groups is 1. The summed E-state index contributed by atoms with van der Waals surface area (Å²) >= 11 is 0. The predicted octanol–water partition coefficient (Wildman–Crippen LogP) is 0.225. The summed E-state index contributed by atoms with van der Waals surface area (Å²) < 4.78 is 2.13. The summed E-state index contributed by atoms with van der Waals surface area (Å²) in [5, 5.41) is 3.30. The molecule has 0 saturated carbocycles. The molecule has 7 heteroatoms. The van der Waals surface area contributed by atoms with Crippen LogP contribution in [0.5, 0.6) is 0 Å². The first-order chi connectivity index (χ1) is 10.3. The number of amides is 1. The van der Waals surface area contributed by atoms with Gasteiger partial charge in [0, 0.05) is 37.9 Å². The van der Waals surface area contributed by atoms with Crippen molar-refractivity contribution in [3.8, 4) is 0 Å². The van der Waals surface area contributed by atoms with Gasteiger partial charge in [-0.15, -0.1) is 0 Å². The zero-order valence-electron chi connectivity index (χ0n) is 11.7. The Morgan fingerprint density at radius 2 is 2.33 bits per heavy atom. The normalized spacial score (nSPS) is 21.5. The van der Waals surface area contributed by atoms with E-state index in [4.69, 9.17) is 0 Å². The number of hydrogen-bond acceptors (Lipinski definition) is 4. The fourth-order valence-corrected chi connectivity index (χ4v) is 3.18. The molecular weight excluding hydrogens is 268 g/mol. The van der Waals surface area contributed by atoms with E-state index in [1.807, 2.05) is 17.4 Å². The Morgan fingerprint density at radius 3 is 3.29 bits per heavy atom. The van der Waals surface area contributed by atoms with E-state index in [0.29, 0.717) is 6.54 Å². The fraction of sp³-hybridized carbons (Fsp3) is 0.500. The molecule has 0 bridgehead atoms. The van der Waals surface area contributed by atoms with Crippen molar-refractivity contribution in [3.05, 3.63) is 35.9 Å². The quantitative estimate of drug-likeness (QED) is 0.786. The van der Waals surface area contributed by atoms with Gasteiger partial charge >= 0.3 is 0 Å². The molecule has 1 atom stereocenters. The molecule has 0 radical (unpaired) electrons. The van der Waals surface area contributed by atoms with Crippen LogP contribution in [0.2, 0.25) is 0 Å². The molecule has 2 aliphatic heterocycles. The third-order valence-electron chi connectivity index (χ3n) is 4.29. The van der Waals surface area contributed by atoms with Crippen LogP contribution in [0.3, 0.4) is 0 Å². The van der Waals surface area contributed by atoms with Crippen LogP contribution in [0, 0.1) is 0 Å². The van der Waals surface area contributed by atoms with Crippen LogP contribution >= 0.6 is 0 Å². The summed E-state index contributed by atoms with van der Waals surface area (Å²) in [6.45, 7) is 3.12. The number of aromatic amines is 1. The van der Waals surface area contributed by atoms with E-state index in [0.717, 1.165) is 49.6 Å². The van der Waals surface area contributed by atoms with Crippen molar-refractivity contribution < 1.29 is 4.79 Å². The van der Waals surface area contributed by atoms with Crippen molar-refractivity contribution in [3.63, 3.8) is 0 Å². The van der Waals surface area contributed by atoms with Crippen LogP contribution in [0.25, 0.3) is 0 Å². The van der Waals surface area contributed by atoms with Crippen molar-refractivity contribution in [2.75, 3.05) is 13.1 Å². The van der Waals surface area contributed by atoms with Gasteiger partial charge in [0.05, 0.1) is 30.6 Å². The van der Waals surface area contributed by atoms with E-state index in [1.54, 1.807) is 6.33 Å². The summed E-state index contributed by atoms with van der Waals surface area (Å²) in [7, 11) is 0. The zero-order chi connectivity index (χ0) is 14.2. The van der Waals surface area contributed by atoms with Gasteiger partial charge in [0.25, 0.3) is 0 Å². The summed E-state index contributed by atoms with van der Waals surface area (Å²) in [4.78, 5) is 26.4. The van der Waals surface area contributed by atoms with Gasteiger partial charge < -0.3 is 19.8 Å². The maximum absolute atomic E-state index is 12.9. The first kappa shape index (κ1) is 12.6. The van der Waals surface area contributed by atoms with Crippen molar-refractivity contribution in [2.24, 2.45) is 0 Å². The Labute approximate surface area is 122 Å². The molecule has 2 aromatic heterocycles. The lowest BCUT2D eigenvalue weighted by Crippen LogP contribution is -2.43. The molecule has 4 rings (SSSR count). The fourth-order valence-electron chi connectivity index (χ4n) is 3.18. The van der Waals surface area contributed by atoms with Crippen LogP contribution in [-0.4, -0.2) is 43.4 Å². The summed E-state index contributed by atoms with van der Waals surface area (Å²) in [5.74, 6) is 0.109. The van der Waals surface area contributed by atoms with Crippen LogP contribution in [0.4, 0.5) is 0 Å². The maximum atomic E-state index is 12.9. The van der Waals surface area contributed by atoms with Crippen LogP contribution in [-0.2, 0) is 24.3 Å². The molecule has 2 aromatic rings. The number of H-pyrrole nitrogens is 1. The van der Waals surface area contributed by atoms with E-state index in [2.05, 4.69) is 24.8 Å². The van der Waals surface area contributed by atoms with Crippen molar-refractivity contribution >= 4 is 5.91 Å². The van der Waals surface area contributed by atoms with Gasteiger partial charge in [0.15, 0.2) is 0 Å². The lowest BCUT2D eigenvalue weighted by Gasteiger charge is -2.28. The first-order valence-corrected chi connectivity index (χ1v) is 7.36. The van der Waals surface area contributed by atoms with Crippen LogP contribution < -0.4 is 5.32 Å². The minimum absolute atomic E-state index is 0.109. The molecule has 110 valence electrons. The lowest BCUT2D eigenvalue weighted by atomic mass is 10.0. The Bertz CT molecular complexity index is 660. The average molecular weight is 286 g/mol. The highest BCUT2D eigenvalue weighted by molar-refractivity contribution is 5.83. The summed E-state index contributed by atoms with van der Waals surface area (Å²) in [6.07, 6.45) is 7.21. The number of fused-ring (bicyclic) bond motifs is 2. The lowest BCUT2D eigenvalue weighted by molar-refractivity contribution is -0.134. The Morgan fingerprint density at radius 1 is 1.38 bits per heavy atom. The van der Waals surface area contributed by atoms with Gasteiger partial charge in [0.1, 0.15) is 6.04 Å². The van der Waals surface area contributed by atoms with Crippen molar-refractivity contribution in [2.45, 2.75) is 32.0 Å². The number of carbonyl (C=O) groups excluding carboxylic acids is 1. The van der Waals surface area contributed by atoms with Gasteiger partial charge in [-0.05, 0) is 6.42 Å². The molecule has 0 unspecified atom stereocenters. The number of imidazole rings is 2. The molecule has 21 heavy (non-hydrogen) atoms. The van der Waals surface area contributed by atoms with Gasteiger partial charge in [-0.1, -0.05) is 0 Å². The van der Waals surface area contributed by atoms with Gasteiger partial charge in [-0.3, -0.25) is 4.79 Å². The van der Waals surface area contributed by atoms with Gasteiger partial charge in [-0.2, -0.15) is 0 Å². The molecule has 2 aliphatic rings. The van der Waals surface area contributed by atoms with E-state index < -0.39 is 0 Å². The van der Waals surface area contributed by atoms with E-state index in [-0.39, 0.29) is 11.9 Å². The number of nitrogens with zero attached hydrogens (tertiary/aromatic N) is 4. The summed E-state index contributed by atoms with van der Waals surface area (Å²) in [6, 6.07) is -0.325. The minimum atomic E-state index is -0.325. The predicted molar refractivity (Wildman–Crippen MR) is 75.3 cm³/mol. The monoisotopic (exact) mass is 286 g/mol. The molecular formula is C14H18N6O. The highest BCUT2D eigenvalue weighted by Gasteiger charge is 2.32. The second-order valence-corrected chi connectivity index (χ2v) is 5.60. The molecule has 7 nitrogen and oxygen atoms in total. The standard InChI is InChI=1S/C14H18N6O/c21-14(13-12-11(2-3-16-13)17-8-18-12)19-4-1-5-20-9-15-6-10(20)7-19/h6,8-9,13,16H,1-5,7H2,(H,17,18)/t13-/m0/s1. The number of hydrogen-bond donors (Lipinski definition) is 2. The van der Waals surface area contributed by atoms with Gasteiger partial charge in [-0.25, -0.2) is 9.97 Å². The van der Waals surface area contributed by atoms with E-state index >= 15 is 0 Å². The van der Waals surface area contributed by atoms with Crippen LogP contribution in [0.1, 0.15) is 29.5 Å². The molecule has 0 aliphatic carbocycles. The number of nitrogens with one attached hydrogen (secondary N) is 2. The molecule has 0 fully saturated rings. The zero-order valence-corrected chi connectivity index (χ0v) is 11.7. The van der Waals surface area contributed by atoms with Crippen molar-refractivity contribution in [1.29, 1.82) is 0 Å². The Balaban J connectivity index is 1.59. The second kappa shape index (κ2) is 5.00. The Kier molecular flexibility index (Phi) is 2.99. The van der Waals surface area contributed by atoms with E-state index in [1.165, 1.54) is 0 Å². The molecule has 1 amide bonds. The topological polar surface area (TPSA) is 78.8 Å². The molecule has 0 spiro atoms. The third-order valence-corrected chi connectivity index (χ3v) is 4.29. The maximum Gasteiger partial charge on any atom is 0.246 e. The smallest absolute Gasteiger partial charge is 0.246 e. The highest BCUT2D eigenvalue weighted by Crippen LogP contribution is 2.23. The van der Waals surface area contributed by atoms with E-state index in [9.17, 15) is 4.79 Å². The number of rotatable bonds is 1. The number of aryl methyl sites for hydroxylation is 1. The minimum Gasteiger partial charge on any atom is -0.348 e. The SMILES string of the molecule is O=C([C@H]1NCCc2[nH]cnc21)N1CCCn2cncc2C1.